The van der Waals surface area contributed by atoms with Gasteiger partial charge in [0.2, 0.25) is 0 Å². The molecule has 1 fully saturated rings. The summed E-state index contributed by atoms with van der Waals surface area (Å²) in [6.45, 7) is 2.97. The molecule has 1 heterocycles. The van der Waals surface area contributed by atoms with Gasteiger partial charge < -0.3 is 10.6 Å². The summed E-state index contributed by atoms with van der Waals surface area (Å²) < 4.78 is 1.18. The average Bonchev–Trinajstić information content (AvgIpc) is 2.57. The number of anilines is 1. The Labute approximate surface area is 106 Å². The highest BCUT2D eigenvalue weighted by molar-refractivity contribution is 9.10. The third-order valence-corrected chi connectivity index (χ3v) is 3.83. The Bertz CT molecular complexity index is 344. The van der Waals surface area contributed by atoms with Crippen LogP contribution in [0, 0.1) is 0 Å². The van der Waals surface area contributed by atoms with Gasteiger partial charge in [0.15, 0.2) is 0 Å². The molecule has 2 N–H and O–H groups in total. The number of benzene rings is 1. The van der Waals surface area contributed by atoms with Crippen LogP contribution in [0.1, 0.15) is 31.2 Å². The van der Waals surface area contributed by atoms with E-state index in [0.717, 1.165) is 0 Å². The number of halogens is 1. The first-order valence-corrected chi connectivity index (χ1v) is 6.84. The first-order chi connectivity index (χ1) is 7.81. The van der Waals surface area contributed by atoms with Gasteiger partial charge in [-0.15, -0.1) is 0 Å². The van der Waals surface area contributed by atoms with E-state index in [9.17, 15) is 0 Å². The van der Waals surface area contributed by atoms with Gasteiger partial charge in [-0.1, -0.05) is 18.9 Å². The number of hydrogen-bond donors (Lipinski definition) is 1. The van der Waals surface area contributed by atoms with Crippen molar-refractivity contribution in [3.8, 4) is 0 Å². The molecule has 0 spiro atoms. The molecule has 1 aromatic rings. The predicted octanol–water partition coefficient (Wildman–Crippen LogP) is 3.29. The smallest absolute Gasteiger partial charge is 0.0510 e. The Morgan fingerprint density at radius 1 is 1.12 bits per heavy atom. The second kappa shape index (κ2) is 5.69. The number of nitrogens with two attached hydrogens (primary N) is 1. The van der Waals surface area contributed by atoms with E-state index >= 15 is 0 Å². The van der Waals surface area contributed by atoms with Gasteiger partial charge in [0.25, 0.3) is 0 Å². The Balaban J connectivity index is 2.18. The SMILES string of the molecule is NCc1ccc(N2CCCCCC2)c(Br)c1. The van der Waals surface area contributed by atoms with E-state index in [-0.39, 0.29) is 0 Å². The van der Waals surface area contributed by atoms with Gasteiger partial charge in [-0.2, -0.15) is 0 Å². The van der Waals surface area contributed by atoms with Crippen LogP contribution in [0.4, 0.5) is 5.69 Å². The number of nitrogens with zero attached hydrogens (tertiary/aromatic N) is 1. The molecule has 2 nitrogen and oxygen atoms in total. The van der Waals surface area contributed by atoms with Crippen LogP contribution < -0.4 is 10.6 Å². The van der Waals surface area contributed by atoms with Crippen molar-refractivity contribution >= 4 is 21.6 Å². The summed E-state index contributed by atoms with van der Waals surface area (Å²) in [5.74, 6) is 0. The van der Waals surface area contributed by atoms with Gasteiger partial charge in [-0.25, -0.2) is 0 Å². The largest absolute Gasteiger partial charge is 0.371 e. The zero-order valence-corrected chi connectivity index (χ0v) is 11.2. The van der Waals surface area contributed by atoms with Crippen LogP contribution in [0.2, 0.25) is 0 Å². The summed E-state index contributed by atoms with van der Waals surface area (Å²) in [6, 6.07) is 6.46. The van der Waals surface area contributed by atoms with E-state index in [0.29, 0.717) is 6.54 Å². The molecule has 0 saturated carbocycles. The van der Waals surface area contributed by atoms with Crippen molar-refractivity contribution in [2.75, 3.05) is 18.0 Å². The van der Waals surface area contributed by atoms with Gasteiger partial charge >= 0.3 is 0 Å². The van der Waals surface area contributed by atoms with E-state index in [1.165, 1.54) is 54.5 Å². The maximum absolute atomic E-state index is 5.64. The summed E-state index contributed by atoms with van der Waals surface area (Å²) in [7, 11) is 0. The zero-order chi connectivity index (χ0) is 11.4. The van der Waals surface area contributed by atoms with Crippen molar-refractivity contribution < 1.29 is 0 Å². The van der Waals surface area contributed by atoms with Crippen LogP contribution in [0.3, 0.4) is 0 Å². The van der Waals surface area contributed by atoms with E-state index < -0.39 is 0 Å². The molecule has 0 atom stereocenters. The van der Waals surface area contributed by atoms with Crippen molar-refractivity contribution in [1.29, 1.82) is 0 Å². The molecule has 2 rings (SSSR count). The van der Waals surface area contributed by atoms with E-state index in [2.05, 4.69) is 39.0 Å². The highest BCUT2D eigenvalue weighted by atomic mass is 79.9. The summed E-state index contributed by atoms with van der Waals surface area (Å²) in [5.41, 5.74) is 8.14. The molecular formula is C13H19BrN2. The normalized spacial score (nSPS) is 17.2. The molecule has 3 heteroatoms. The van der Waals surface area contributed by atoms with Crippen LogP contribution >= 0.6 is 15.9 Å². The molecule has 16 heavy (non-hydrogen) atoms. The van der Waals surface area contributed by atoms with Crippen molar-refractivity contribution in [3.63, 3.8) is 0 Å². The Hall–Kier alpha value is -0.540. The van der Waals surface area contributed by atoms with Crippen molar-refractivity contribution in [3.05, 3.63) is 28.2 Å². The monoisotopic (exact) mass is 282 g/mol. The van der Waals surface area contributed by atoms with Crippen LogP contribution in [0.5, 0.6) is 0 Å². The summed E-state index contributed by atoms with van der Waals surface area (Å²) in [5, 5.41) is 0. The topological polar surface area (TPSA) is 29.3 Å². The maximum Gasteiger partial charge on any atom is 0.0510 e. The number of hydrogen-bond acceptors (Lipinski definition) is 2. The first kappa shape index (κ1) is 11.9. The fraction of sp³-hybridized carbons (Fsp3) is 0.538. The van der Waals surface area contributed by atoms with Crippen molar-refractivity contribution in [2.24, 2.45) is 5.73 Å². The Kier molecular flexibility index (Phi) is 4.24. The molecule has 88 valence electrons. The van der Waals surface area contributed by atoms with Gasteiger partial charge in [-0.3, -0.25) is 0 Å². The van der Waals surface area contributed by atoms with Crippen molar-refractivity contribution in [1.82, 2.24) is 0 Å². The third-order valence-electron chi connectivity index (χ3n) is 3.19. The van der Waals surface area contributed by atoms with Crippen LogP contribution in [-0.4, -0.2) is 13.1 Å². The maximum atomic E-state index is 5.64. The number of rotatable bonds is 2. The Morgan fingerprint density at radius 3 is 2.38 bits per heavy atom. The highest BCUT2D eigenvalue weighted by Crippen LogP contribution is 2.29. The molecule has 1 aromatic carbocycles. The van der Waals surface area contributed by atoms with Crippen LogP contribution in [-0.2, 0) is 6.54 Å². The van der Waals surface area contributed by atoms with E-state index in [1.807, 2.05) is 0 Å². The molecule has 1 aliphatic rings. The minimum atomic E-state index is 0.610. The minimum Gasteiger partial charge on any atom is -0.371 e. The molecule has 1 saturated heterocycles. The molecular weight excluding hydrogens is 264 g/mol. The molecule has 0 radical (unpaired) electrons. The van der Waals surface area contributed by atoms with Gasteiger partial charge in [-0.05, 0) is 46.5 Å². The Morgan fingerprint density at radius 2 is 1.81 bits per heavy atom. The highest BCUT2D eigenvalue weighted by Gasteiger charge is 2.12. The first-order valence-electron chi connectivity index (χ1n) is 6.04. The molecule has 0 aromatic heterocycles. The van der Waals surface area contributed by atoms with Gasteiger partial charge in [0.1, 0.15) is 0 Å². The zero-order valence-electron chi connectivity index (χ0n) is 9.58. The minimum absolute atomic E-state index is 0.610. The van der Waals surface area contributed by atoms with E-state index in [4.69, 9.17) is 5.73 Å². The second-order valence-electron chi connectivity index (χ2n) is 4.39. The van der Waals surface area contributed by atoms with Crippen LogP contribution in [0.15, 0.2) is 22.7 Å². The lowest BCUT2D eigenvalue weighted by molar-refractivity contribution is 0.726. The lowest BCUT2D eigenvalue weighted by atomic mass is 10.2. The third kappa shape index (κ3) is 2.77. The molecule has 0 aliphatic carbocycles. The lowest BCUT2D eigenvalue weighted by Crippen LogP contribution is -2.24. The summed E-state index contributed by atoms with van der Waals surface area (Å²) in [6.07, 6.45) is 5.36. The van der Waals surface area contributed by atoms with E-state index in [1.54, 1.807) is 0 Å². The fourth-order valence-electron chi connectivity index (χ4n) is 2.25. The van der Waals surface area contributed by atoms with Crippen molar-refractivity contribution in [2.45, 2.75) is 32.2 Å². The van der Waals surface area contributed by atoms with Crippen LogP contribution in [0.25, 0.3) is 0 Å². The average molecular weight is 283 g/mol. The fourth-order valence-corrected chi connectivity index (χ4v) is 2.92. The molecule has 0 bridgehead atoms. The lowest BCUT2D eigenvalue weighted by Gasteiger charge is -2.24. The second-order valence-corrected chi connectivity index (χ2v) is 5.25. The predicted molar refractivity (Wildman–Crippen MR) is 72.7 cm³/mol. The van der Waals surface area contributed by atoms with Gasteiger partial charge in [0, 0.05) is 24.1 Å². The summed E-state index contributed by atoms with van der Waals surface area (Å²) in [4.78, 5) is 2.48. The molecule has 1 aliphatic heterocycles. The van der Waals surface area contributed by atoms with Gasteiger partial charge in [0.05, 0.1) is 5.69 Å². The summed E-state index contributed by atoms with van der Waals surface area (Å²) >= 11 is 3.65. The molecule has 0 unspecified atom stereocenters. The quantitative estimate of drug-likeness (QED) is 0.902. The standard InChI is InChI=1S/C13H19BrN2/c14-12-9-11(10-15)5-6-13(12)16-7-3-1-2-4-8-16/h5-6,9H,1-4,7-8,10,15H2. The molecule has 0 amide bonds.